The van der Waals surface area contributed by atoms with Gasteiger partial charge in [-0.25, -0.2) is 0 Å². The van der Waals surface area contributed by atoms with E-state index in [-0.39, 0.29) is 40.1 Å². The zero-order chi connectivity index (χ0) is 6.99. The molecule has 2 nitrogen and oxygen atoms in total. The first-order valence-electron chi connectivity index (χ1n) is 2.81. The van der Waals surface area contributed by atoms with Gasteiger partial charge in [-0.15, -0.1) is 0 Å². The first-order valence-corrected chi connectivity index (χ1v) is 2.81. The van der Waals surface area contributed by atoms with E-state index in [1.165, 1.54) is 0 Å². The van der Waals surface area contributed by atoms with E-state index in [1.807, 2.05) is 0 Å². The third-order valence-corrected chi connectivity index (χ3v) is 0.632. The van der Waals surface area contributed by atoms with E-state index in [0.29, 0.717) is 0 Å². The van der Waals surface area contributed by atoms with Crippen LogP contribution in [0, 0.1) is 7.43 Å². The average Bonchev–Trinajstić information content (AvgIpc) is 1.69. The molecule has 63 valence electrons. The maximum Gasteiger partial charge on any atom is 0 e. The molecule has 0 bridgehead atoms. The molecule has 0 aromatic rings. The van der Waals surface area contributed by atoms with Gasteiger partial charge in [0.15, 0.2) is 0 Å². The first kappa shape index (κ1) is 22.5. The zero-order valence-corrected chi connectivity index (χ0v) is 11.0. The Kier molecular flexibility index (Phi) is 50.5. The van der Waals surface area contributed by atoms with Crippen molar-refractivity contribution in [3.63, 3.8) is 0 Å². The van der Waals surface area contributed by atoms with E-state index < -0.39 is 0 Å². The van der Waals surface area contributed by atoms with Crippen molar-refractivity contribution in [3.8, 4) is 0 Å². The van der Waals surface area contributed by atoms with E-state index in [1.54, 1.807) is 14.1 Å². The molecule has 0 N–H and O–H groups in total. The summed E-state index contributed by atoms with van der Waals surface area (Å²) in [5, 5.41) is 3.50. The van der Waals surface area contributed by atoms with Gasteiger partial charge in [0.2, 0.25) is 0 Å². The second-order valence-electron chi connectivity index (χ2n) is 1.84. The standard InChI is InChI=1S/C4H11N.C2H6N.CH3.Y/c1-4-5(2)3;1-3-2;;/h4H2,1-3H3;1-2H3;1H3;/q;2*-1;. The van der Waals surface area contributed by atoms with Crippen molar-refractivity contribution in [2.45, 2.75) is 6.92 Å². The summed E-state index contributed by atoms with van der Waals surface area (Å²) in [5.41, 5.74) is 0. The Morgan fingerprint density at radius 1 is 1.20 bits per heavy atom. The minimum atomic E-state index is 0. The van der Waals surface area contributed by atoms with Crippen LogP contribution in [0.15, 0.2) is 0 Å². The van der Waals surface area contributed by atoms with E-state index in [0.717, 1.165) is 6.54 Å². The zero-order valence-electron chi connectivity index (χ0n) is 8.18. The molecular formula is C7H20N2Y-2. The summed E-state index contributed by atoms with van der Waals surface area (Å²) in [6.07, 6.45) is 0. The number of hydrogen-bond donors (Lipinski definition) is 0. The smallest absolute Gasteiger partial charge is 0 e. The minimum absolute atomic E-state index is 0. The summed E-state index contributed by atoms with van der Waals surface area (Å²) in [4.78, 5) is 2.12. The Hall–Kier alpha value is 1.02. The summed E-state index contributed by atoms with van der Waals surface area (Å²) < 4.78 is 0. The SMILES string of the molecule is CCN(C)C.C[N-]C.[CH3-].[Y]. The monoisotopic (exact) mass is 221 g/mol. The van der Waals surface area contributed by atoms with Crippen molar-refractivity contribution in [3.05, 3.63) is 12.7 Å². The van der Waals surface area contributed by atoms with Gasteiger partial charge in [0, 0.05) is 32.7 Å². The van der Waals surface area contributed by atoms with E-state index in [2.05, 4.69) is 31.2 Å². The van der Waals surface area contributed by atoms with Gasteiger partial charge in [-0.2, -0.15) is 14.1 Å². The molecule has 0 spiro atoms. The van der Waals surface area contributed by atoms with Gasteiger partial charge >= 0.3 is 0 Å². The van der Waals surface area contributed by atoms with Crippen molar-refractivity contribution < 1.29 is 32.7 Å². The molecule has 0 aliphatic carbocycles. The average molecular weight is 221 g/mol. The predicted molar refractivity (Wildman–Crippen MR) is 45.8 cm³/mol. The van der Waals surface area contributed by atoms with Gasteiger partial charge < -0.3 is 17.6 Å². The quantitative estimate of drug-likeness (QED) is 0.615. The molecule has 0 rings (SSSR count). The molecule has 0 amide bonds. The minimum Gasteiger partial charge on any atom is -0.668 e. The van der Waals surface area contributed by atoms with Crippen molar-refractivity contribution in [2.75, 3.05) is 34.7 Å². The molecule has 0 atom stereocenters. The normalized spacial score (nSPS) is 6.60. The van der Waals surface area contributed by atoms with Crippen LogP contribution < -0.4 is 0 Å². The number of nitrogens with zero attached hydrogens (tertiary/aromatic N) is 2. The third-order valence-electron chi connectivity index (χ3n) is 0.632. The molecule has 1 radical (unpaired) electrons. The first-order chi connectivity index (χ1) is 3.68. The van der Waals surface area contributed by atoms with Crippen LogP contribution >= 0.6 is 0 Å². The van der Waals surface area contributed by atoms with Crippen LogP contribution in [0.5, 0.6) is 0 Å². The second kappa shape index (κ2) is 22.5. The molecular weight excluding hydrogens is 201 g/mol. The fourth-order valence-corrected chi connectivity index (χ4v) is 0. The Morgan fingerprint density at radius 2 is 1.30 bits per heavy atom. The summed E-state index contributed by atoms with van der Waals surface area (Å²) in [6, 6.07) is 0. The van der Waals surface area contributed by atoms with Gasteiger partial charge in [0.1, 0.15) is 0 Å². The summed E-state index contributed by atoms with van der Waals surface area (Å²) >= 11 is 0. The van der Waals surface area contributed by atoms with Crippen LogP contribution in [-0.2, 0) is 32.7 Å². The topological polar surface area (TPSA) is 17.3 Å². The molecule has 10 heavy (non-hydrogen) atoms. The van der Waals surface area contributed by atoms with Gasteiger partial charge in [-0.1, -0.05) is 6.92 Å². The largest absolute Gasteiger partial charge is 0.668 e. The number of rotatable bonds is 1. The summed E-state index contributed by atoms with van der Waals surface area (Å²) in [7, 11) is 7.61. The Morgan fingerprint density at radius 3 is 1.30 bits per heavy atom. The molecule has 0 saturated heterocycles. The van der Waals surface area contributed by atoms with Gasteiger partial charge in [-0.3, -0.25) is 0 Å². The van der Waals surface area contributed by atoms with Crippen molar-refractivity contribution >= 4 is 0 Å². The van der Waals surface area contributed by atoms with Crippen molar-refractivity contribution in [1.82, 2.24) is 4.90 Å². The maximum atomic E-state index is 3.50. The fourth-order valence-electron chi connectivity index (χ4n) is 0. The third kappa shape index (κ3) is 63.5. The van der Waals surface area contributed by atoms with Crippen LogP contribution in [0.2, 0.25) is 0 Å². The van der Waals surface area contributed by atoms with Gasteiger partial charge in [0.05, 0.1) is 0 Å². The molecule has 0 heterocycles. The second-order valence-corrected chi connectivity index (χ2v) is 1.84. The van der Waals surface area contributed by atoms with Gasteiger partial charge in [-0.05, 0) is 20.6 Å². The molecule has 3 heteroatoms. The predicted octanol–water partition coefficient (Wildman–Crippen LogP) is 1.64. The summed E-state index contributed by atoms with van der Waals surface area (Å²) in [6.45, 7) is 3.26. The molecule has 0 unspecified atom stereocenters. The van der Waals surface area contributed by atoms with E-state index >= 15 is 0 Å². The van der Waals surface area contributed by atoms with Crippen LogP contribution in [0.25, 0.3) is 5.32 Å². The van der Waals surface area contributed by atoms with Crippen LogP contribution in [-0.4, -0.2) is 39.6 Å². The van der Waals surface area contributed by atoms with Gasteiger partial charge in [0.25, 0.3) is 0 Å². The molecule has 0 aromatic heterocycles. The molecule has 0 aromatic carbocycles. The number of hydrogen-bond acceptors (Lipinski definition) is 1. The van der Waals surface area contributed by atoms with Crippen molar-refractivity contribution in [1.29, 1.82) is 0 Å². The van der Waals surface area contributed by atoms with E-state index in [9.17, 15) is 0 Å². The molecule has 0 saturated carbocycles. The Balaban J connectivity index is -0.0000000326. The Bertz CT molecular complexity index is 32.8. The molecule has 0 aliphatic rings. The summed E-state index contributed by atoms with van der Waals surface area (Å²) in [5.74, 6) is 0. The maximum absolute atomic E-state index is 3.50. The molecule has 0 fully saturated rings. The van der Waals surface area contributed by atoms with Crippen LogP contribution in [0.3, 0.4) is 0 Å². The Labute approximate surface area is 91.6 Å². The fraction of sp³-hybridized carbons (Fsp3) is 0.857. The molecule has 0 aliphatic heterocycles. The van der Waals surface area contributed by atoms with Crippen LogP contribution in [0.4, 0.5) is 0 Å². The van der Waals surface area contributed by atoms with E-state index in [4.69, 9.17) is 0 Å². The van der Waals surface area contributed by atoms with Crippen molar-refractivity contribution in [2.24, 2.45) is 0 Å². The van der Waals surface area contributed by atoms with Crippen LogP contribution in [0.1, 0.15) is 6.92 Å².